The topological polar surface area (TPSA) is 99.8 Å². The van der Waals surface area contributed by atoms with E-state index in [1.807, 2.05) is 56.6 Å². The monoisotopic (exact) mass is 598 g/mol. The third-order valence-corrected chi connectivity index (χ3v) is 7.90. The second-order valence-corrected chi connectivity index (χ2v) is 10.7. The Morgan fingerprint density at radius 3 is 2.47 bits per heavy atom. The van der Waals surface area contributed by atoms with Gasteiger partial charge >= 0.3 is 0 Å². The van der Waals surface area contributed by atoms with Crippen LogP contribution in [-0.2, 0) is 13.6 Å². The highest BCUT2D eigenvalue weighted by Crippen LogP contribution is 2.24. The third kappa shape index (κ3) is 6.25. The zero-order chi connectivity index (χ0) is 29.2. The van der Waals surface area contributed by atoms with Gasteiger partial charge in [-0.1, -0.05) is 24.3 Å². The van der Waals surface area contributed by atoms with E-state index in [0.29, 0.717) is 28.9 Å². The Bertz CT molecular complexity index is 1770. The van der Waals surface area contributed by atoms with Crippen molar-refractivity contribution in [2.24, 2.45) is 7.05 Å². The van der Waals surface area contributed by atoms with Gasteiger partial charge in [-0.2, -0.15) is 10.2 Å². The SMILES string of the molecule is Cc1ccc(C(=O)NCc2ccccc2N2CCN(C)CC2)cc1NC(=O)c1cnn2cc(-c3ccnn3C)ccc12.Cl. The van der Waals surface area contributed by atoms with Crippen molar-refractivity contribution in [1.29, 1.82) is 0 Å². The smallest absolute Gasteiger partial charge is 0.259 e. The van der Waals surface area contributed by atoms with Crippen LogP contribution >= 0.6 is 12.4 Å². The van der Waals surface area contributed by atoms with Crippen molar-refractivity contribution in [3.05, 3.63) is 102 Å². The maximum absolute atomic E-state index is 13.3. The standard InChI is InChI=1S/C32H34N8O2.ClH/c1-22-8-9-23(31(41)33-19-24-6-4-5-7-29(24)39-16-14-37(2)15-17-39)18-27(22)36-32(42)26-20-35-40-21-25(10-11-30(26)40)28-12-13-34-38(28)3;/h4-13,18,20-21H,14-17,19H2,1-3H3,(H,33,41)(H,36,42);1H. The average molecular weight is 599 g/mol. The van der Waals surface area contributed by atoms with Gasteiger partial charge in [0.25, 0.3) is 11.8 Å². The summed E-state index contributed by atoms with van der Waals surface area (Å²) in [6, 6.07) is 19.3. The lowest BCUT2D eigenvalue weighted by molar-refractivity contribution is 0.0949. The number of nitrogens with one attached hydrogen (secondary N) is 2. The second kappa shape index (κ2) is 12.7. The molecule has 11 heteroatoms. The number of hydrogen-bond acceptors (Lipinski definition) is 6. The Labute approximate surface area is 256 Å². The molecule has 0 spiro atoms. The number of aromatic nitrogens is 4. The number of fused-ring (bicyclic) bond motifs is 1. The van der Waals surface area contributed by atoms with Crippen LogP contribution in [0, 0.1) is 6.92 Å². The van der Waals surface area contributed by atoms with Crippen LogP contribution < -0.4 is 15.5 Å². The Hall–Kier alpha value is -4.67. The van der Waals surface area contributed by atoms with E-state index in [2.05, 4.69) is 49.8 Å². The highest BCUT2D eigenvalue weighted by Gasteiger charge is 2.19. The van der Waals surface area contributed by atoms with Gasteiger partial charge in [0.1, 0.15) is 0 Å². The number of carbonyl (C=O) groups is 2. The van der Waals surface area contributed by atoms with E-state index in [4.69, 9.17) is 0 Å². The van der Waals surface area contributed by atoms with Crippen LogP contribution in [0.1, 0.15) is 31.8 Å². The van der Waals surface area contributed by atoms with E-state index in [1.54, 1.807) is 33.7 Å². The molecule has 2 N–H and O–H groups in total. The fourth-order valence-electron chi connectivity index (χ4n) is 5.35. The summed E-state index contributed by atoms with van der Waals surface area (Å²) >= 11 is 0. The van der Waals surface area contributed by atoms with Crippen LogP contribution in [0.5, 0.6) is 0 Å². The van der Waals surface area contributed by atoms with Crippen molar-refractivity contribution in [3.63, 3.8) is 0 Å². The normalized spacial score (nSPS) is 13.5. The van der Waals surface area contributed by atoms with E-state index in [1.165, 1.54) is 0 Å². The number of hydrogen-bond donors (Lipinski definition) is 2. The highest BCUT2D eigenvalue weighted by atomic mass is 35.5. The zero-order valence-electron chi connectivity index (χ0n) is 24.4. The lowest BCUT2D eigenvalue weighted by Gasteiger charge is -2.35. The summed E-state index contributed by atoms with van der Waals surface area (Å²) in [5.41, 5.74) is 7.18. The molecule has 1 aliphatic heterocycles. The van der Waals surface area contributed by atoms with Crippen LogP contribution in [0.2, 0.25) is 0 Å². The Balaban J connectivity index is 0.00000368. The number of amides is 2. The average Bonchev–Trinajstić information content (AvgIpc) is 3.63. The van der Waals surface area contributed by atoms with Gasteiger partial charge in [0.2, 0.25) is 0 Å². The van der Waals surface area contributed by atoms with Crippen LogP contribution in [0.25, 0.3) is 16.8 Å². The predicted octanol–water partition coefficient (Wildman–Crippen LogP) is 4.40. The molecule has 4 heterocycles. The van der Waals surface area contributed by atoms with Gasteiger partial charge in [0, 0.05) is 74.7 Å². The highest BCUT2D eigenvalue weighted by molar-refractivity contribution is 6.09. The summed E-state index contributed by atoms with van der Waals surface area (Å²) in [5.74, 6) is -0.489. The lowest BCUT2D eigenvalue weighted by Crippen LogP contribution is -2.45. The first kappa shape index (κ1) is 29.8. The maximum atomic E-state index is 13.3. The van der Waals surface area contributed by atoms with Gasteiger partial charge in [-0.3, -0.25) is 14.3 Å². The summed E-state index contributed by atoms with van der Waals surface area (Å²) in [5, 5.41) is 14.7. The number of halogens is 1. The number of para-hydroxylation sites is 1. The van der Waals surface area contributed by atoms with Crippen molar-refractivity contribution in [2.45, 2.75) is 13.5 Å². The lowest BCUT2D eigenvalue weighted by atomic mass is 10.1. The number of carbonyl (C=O) groups excluding carboxylic acids is 2. The first-order chi connectivity index (χ1) is 20.4. The van der Waals surface area contributed by atoms with Crippen molar-refractivity contribution in [3.8, 4) is 11.3 Å². The van der Waals surface area contributed by atoms with Gasteiger partial charge < -0.3 is 20.4 Å². The van der Waals surface area contributed by atoms with Crippen molar-refractivity contribution in [2.75, 3.05) is 43.4 Å². The molecule has 3 aromatic heterocycles. The quantitative estimate of drug-likeness (QED) is 0.288. The van der Waals surface area contributed by atoms with Gasteiger partial charge in [-0.15, -0.1) is 12.4 Å². The zero-order valence-corrected chi connectivity index (χ0v) is 25.3. The largest absolute Gasteiger partial charge is 0.369 e. The number of aryl methyl sites for hydroxylation is 2. The molecular formula is C32H35ClN8O2. The van der Waals surface area contributed by atoms with Gasteiger partial charge in [-0.05, 0) is 61.5 Å². The molecule has 2 amide bonds. The minimum atomic E-state index is -0.292. The summed E-state index contributed by atoms with van der Waals surface area (Å²) in [7, 11) is 4.02. The van der Waals surface area contributed by atoms with Crippen LogP contribution in [0.15, 0.2) is 79.3 Å². The van der Waals surface area contributed by atoms with Gasteiger partial charge in [0.15, 0.2) is 0 Å². The molecule has 10 nitrogen and oxygen atoms in total. The molecule has 5 aromatic rings. The van der Waals surface area contributed by atoms with E-state index >= 15 is 0 Å². The number of pyridine rings is 1. The van der Waals surface area contributed by atoms with E-state index in [9.17, 15) is 9.59 Å². The minimum Gasteiger partial charge on any atom is -0.369 e. The molecule has 43 heavy (non-hydrogen) atoms. The Kier molecular flexibility index (Phi) is 8.79. The first-order valence-electron chi connectivity index (χ1n) is 14.0. The predicted molar refractivity (Wildman–Crippen MR) is 171 cm³/mol. The number of nitrogens with zero attached hydrogens (tertiary/aromatic N) is 6. The second-order valence-electron chi connectivity index (χ2n) is 10.7. The first-order valence-corrected chi connectivity index (χ1v) is 14.0. The molecule has 0 bridgehead atoms. The molecule has 1 saturated heterocycles. The number of piperazine rings is 1. The van der Waals surface area contributed by atoms with Crippen molar-refractivity contribution in [1.82, 2.24) is 29.6 Å². The number of anilines is 2. The summed E-state index contributed by atoms with van der Waals surface area (Å²) < 4.78 is 3.48. The van der Waals surface area contributed by atoms with Gasteiger partial charge in [-0.25, -0.2) is 4.52 Å². The molecule has 0 radical (unpaired) electrons. The fourth-order valence-corrected chi connectivity index (χ4v) is 5.35. The number of rotatable bonds is 7. The summed E-state index contributed by atoms with van der Waals surface area (Å²) in [6.07, 6.45) is 5.17. The number of benzene rings is 2. The number of likely N-dealkylation sites (N-methyl/N-ethyl adjacent to an activating group) is 1. The van der Waals surface area contributed by atoms with Crippen molar-refractivity contribution < 1.29 is 9.59 Å². The summed E-state index contributed by atoms with van der Waals surface area (Å²) in [4.78, 5) is 31.2. The van der Waals surface area contributed by atoms with Crippen molar-refractivity contribution >= 4 is 41.1 Å². The third-order valence-electron chi connectivity index (χ3n) is 7.90. The van der Waals surface area contributed by atoms with Crippen LogP contribution in [-0.4, -0.2) is 69.3 Å². The molecule has 0 unspecified atom stereocenters. The molecule has 1 fully saturated rings. The van der Waals surface area contributed by atoms with E-state index in [-0.39, 0.29) is 24.2 Å². The molecule has 6 rings (SSSR count). The molecule has 1 aliphatic rings. The molecule has 0 atom stereocenters. The Morgan fingerprint density at radius 2 is 1.70 bits per heavy atom. The van der Waals surface area contributed by atoms with E-state index < -0.39 is 0 Å². The Morgan fingerprint density at radius 1 is 0.907 bits per heavy atom. The molecule has 2 aromatic carbocycles. The molecule has 222 valence electrons. The van der Waals surface area contributed by atoms with E-state index in [0.717, 1.165) is 54.3 Å². The minimum absolute atomic E-state index is 0. The van der Waals surface area contributed by atoms with Crippen LogP contribution in [0.3, 0.4) is 0 Å². The molecule has 0 saturated carbocycles. The van der Waals surface area contributed by atoms with Gasteiger partial charge in [0.05, 0.1) is 23.0 Å². The fraction of sp³-hybridized carbons (Fsp3) is 0.250. The molecular weight excluding hydrogens is 564 g/mol. The molecule has 0 aliphatic carbocycles. The van der Waals surface area contributed by atoms with Crippen LogP contribution in [0.4, 0.5) is 11.4 Å². The maximum Gasteiger partial charge on any atom is 0.259 e. The summed E-state index contributed by atoms with van der Waals surface area (Å²) in [6.45, 7) is 6.27.